The number of benzene rings is 1. The zero-order valence-electron chi connectivity index (χ0n) is 14.8. The van der Waals surface area contributed by atoms with Crippen molar-refractivity contribution in [3.63, 3.8) is 0 Å². The van der Waals surface area contributed by atoms with E-state index in [1.807, 2.05) is 15.9 Å². The Hall–Kier alpha value is -1.95. The number of piperidine rings is 1. The SMILES string of the molecule is O=C([C@@H]1CC(=O)N(C2CC2)C1)N1CCC(c2nc3ccccc3s2)CC1. The maximum atomic E-state index is 12.9. The van der Waals surface area contributed by atoms with Crippen molar-refractivity contribution in [2.24, 2.45) is 5.92 Å². The lowest BCUT2D eigenvalue weighted by Crippen LogP contribution is -2.42. The molecular weight excluding hydrogens is 346 g/mol. The second kappa shape index (κ2) is 6.34. The van der Waals surface area contributed by atoms with Gasteiger partial charge in [-0.2, -0.15) is 0 Å². The summed E-state index contributed by atoms with van der Waals surface area (Å²) in [5.74, 6) is 0.686. The highest BCUT2D eigenvalue weighted by molar-refractivity contribution is 7.18. The first-order valence-electron chi connectivity index (χ1n) is 9.63. The van der Waals surface area contributed by atoms with Crippen LogP contribution in [-0.2, 0) is 9.59 Å². The van der Waals surface area contributed by atoms with E-state index in [0.29, 0.717) is 24.9 Å². The Morgan fingerprint density at radius 3 is 2.62 bits per heavy atom. The van der Waals surface area contributed by atoms with Gasteiger partial charge in [-0.1, -0.05) is 12.1 Å². The van der Waals surface area contributed by atoms with Gasteiger partial charge < -0.3 is 9.80 Å². The van der Waals surface area contributed by atoms with E-state index >= 15 is 0 Å². The van der Waals surface area contributed by atoms with Crippen LogP contribution in [-0.4, -0.2) is 52.3 Å². The van der Waals surface area contributed by atoms with Crippen LogP contribution in [0.25, 0.3) is 10.2 Å². The van der Waals surface area contributed by atoms with Gasteiger partial charge in [0, 0.05) is 38.0 Å². The normalized spacial score (nSPS) is 24.6. The maximum Gasteiger partial charge on any atom is 0.227 e. The van der Waals surface area contributed by atoms with Crippen molar-refractivity contribution in [3.8, 4) is 0 Å². The molecule has 3 fully saturated rings. The summed E-state index contributed by atoms with van der Waals surface area (Å²) in [7, 11) is 0. The molecule has 2 amide bonds. The molecule has 3 heterocycles. The number of likely N-dealkylation sites (tertiary alicyclic amines) is 2. The summed E-state index contributed by atoms with van der Waals surface area (Å²) in [6.45, 7) is 2.21. The highest BCUT2D eigenvalue weighted by atomic mass is 32.1. The number of rotatable bonds is 3. The number of hydrogen-bond donors (Lipinski definition) is 0. The fourth-order valence-corrected chi connectivity index (χ4v) is 5.44. The molecule has 0 unspecified atom stereocenters. The lowest BCUT2D eigenvalue weighted by Gasteiger charge is -2.32. The summed E-state index contributed by atoms with van der Waals surface area (Å²) in [5, 5.41) is 1.20. The molecule has 26 heavy (non-hydrogen) atoms. The number of nitrogens with zero attached hydrogens (tertiary/aromatic N) is 3. The van der Waals surface area contributed by atoms with Crippen molar-refractivity contribution in [1.82, 2.24) is 14.8 Å². The first-order chi connectivity index (χ1) is 12.7. The molecule has 2 aliphatic heterocycles. The van der Waals surface area contributed by atoms with E-state index in [-0.39, 0.29) is 17.7 Å². The van der Waals surface area contributed by atoms with Crippen molar-refractivity contribution in [3.05, 3.63) is 29.3 Å². The Labute approximate surface area is 157 Å². The molecular formula is C20H23N3O2S. The van der Waals surface area contributed by atoms with Crippen LogP contribution >= 0.6 is 11.3 Å². The predicted molar refractivity (Wildman–Crippen MR) is 101 cm³/mol. The quantitative estimate of drug-likeness (QED) is 0.836. The van der Waals surface area contributed by atoms with Gasteiger partial charge in [0.05, 0.1) is 21.1 Å². The molecule has 5 nitrogen and oxygen atoms in total. The Kier molecular flexibility index (Phi) is 3.96. The van der Waals surface area contributed by atoms with Gasteiger partial charge in [0.25, 0.3) is 0 Å². The van der Waals surface area contributed by atoms with Crippen LogP contribution in [0.4, 0.5) is 0 Å². The molecule has 1 aliphatic carbocycles. The monoisotopic (exact) mass is 369 g/mol. The third-order valence-corrected chi connectivity index (χ3v) is 7.16. The number of carbonyl (C=O) groups is 2. The van der Waals surface area contributed by atoms with E-state index in [0.717, 1.165) is 44.3 Å². The van der Waals surface area contributed by atoms with Crippen LogP contribution in [0.5, 0.6) is 0 Å². The first-order valence-corrected chi connectivity index (χ1v) is 10.4. The number of hydrogen-bond acceptors (Lipinski definition) is 4. The molecule has 6 heteroatoms. The number of para-hydroxylation sites is 1. The van der Waals surface area contributed by atoms with Gasteiger partial charge >= 0.3 is 0 Å². The smallest absolute Gasteiger partial charge is 0.227 e. The van der Waals surface area contributed by atoms with Crippen LogP contribution in [0.1, 0.15) is 43.0 Å². The van der Waals surface area contributed by atoms with E-state index in [4.69, 9.17) is 4.98 Å². The van der Waals surface area contributed by atoms with Gasteiger partial charge in [0.2, 0.25) is 11.8 Å². The van der Waals surface area contributed by atoms with Crippen molar-refractivity contribution in [1.29, 1.82) is 0 Å². The van der Waals surface area contributed by atoms with E-state index in [2.05, 4.69) is 18.2 Å². The minimum Gasteiger partial charge on any atom is -0.342 e. The molecule has 0 bridgehead atoms. The summed E-state index contributed by atoms with van der Waals surface area (Å²) in [6.07, 6.45) is 4.57. The summed E-state index contributed by atoms with van der Waals surface area (Å²) in [6, 6.07) is 8.69. The fraction of sp³-hybridized carbons (Fsp3) is 0.550. The van der Waals surface area contributed by atoms with Crippen molar-refractivity contribution in [2.75, 3.05) is 19.6 Å². The number of thiazole rings is 1. The van der Waals surface area contributed by atoms with Gasteiger partial charge in [0.15, 0.2) is 0 Å². The molecule has 0 radical (unpaired) electrons. The van der Waals surface area contributed by atoms with Gasteiger partial charge in [-0.05, 0) is 37.8 Å². The van der Waals surface area contributed by atoms with Crippen molar-refractivity contribution >= 4 is 33.4 Å². The molecule has 2 saturated heterocycles. The average molecular weight is 369 g/mol. The molecule has 5 rings (SSSR count). The van der Waals surface area contributed by atoms with E-state index < -0.39 is 0 Å². The second-order valence-electron chi connectivity index (χ2n) is 7.80. The van der Waals surface area contributed by atoms with Crippen molar-refractivity contribution in [2.45, 2.75) is 44.1 Å². The number of fused-ring (bicyclic) bond motifs is 1. The third kappa shape index (κ3) is 2.90. The van der Waals surface area contributed by atoms with Crippen LogP contribution in [0.3, 0.4) is 0 Å². The summed E-state index contributed by atoms with van der Waals surface area (Å²) >= 11 is 1.78. The van der Waals surface area contributed by atoms with E-state index in [9.17, 15) is 9.59 Å². The van der Waals surface area contributed by atoms with Crippen LogP contribution in [0, 0.1) is 5.92 Å². The average Bonchev–Trinajstić information content (AvgIpc) is 3.29. The number of aromatic nitrogens is 1. The highest BCUT2D eigenvalue weighted by Crippen LogP contribution is 2.36. The molecule has 3 aliphatic rings. The largest absolute Gasteiger partial charge is 0.342 e. The molecule has 1 aromatic heterocycles. The minimum atomic E-state index is -0.123. The molecule has 0 N–H and O–H groups in total. The Morgan fingerprint density at radius 1 is 1.12 bits per heavy atom. The van der Waals surface area contributed by atoms with Crippen LogP contribution in [0.15, 0.2) is 24.3 Å². The topological polar surface area (TPSA) is 53.5 Å². The summed E-state index contributed by atoms with van der Waals surface area (Å²) in [4.78, 5) is 33.7. The zero-order valence-corrected chi connectivity index (χ0v) is 15.6. The third-order valence-electron chi connectivity index (χ3n) is 5.96. The predicted octanol–water partition coefficient (Wildman–Crippen LogP) is 3.01. The standard InChI is InChI=1S/C20H23N3O2S/c24-18-11-14(12-23(18)15-5-6-15)20(25)22-9-7-13(8-10-22)19-21-16-3-1-2-4-17(16)26-19/h1-4,13-15H,5-12H2/t14-/m1/s1. The van der Waals surface area contributed by atoms with Gasteiger partial charge in [-0.3, -0.25) is 9.59 Å². The number of amides is 2. The van der Waals surface area contributed by atoms with E-state index in [1.54, 1.807) is 11.3 Å². The molecule has 1 atom stereocenters. The number of carbonyl (C=O) groups excluding carboxylic acids is 2. The van der Waals surface area contributed by atoms with Gasteiger partial charge in [-0.25, -0.2) is 4.98 Å². The highest BCUT2D eigenvalue weighted by Gasteiger charge is 2.43. The van der Waals surface area contributed by atoms with E-state index in [1.165, 1.54) is 9.71 Å². The molecule has 136 valence electrons. The van der Waals surface area contributed by atoms with Gasteiger partial charge in [0.1, 0.15) is 0 Å². The van der Waals surface area contributed by atoms with Crippen LogP contribution < -0.4 is 0 Å². The molecule has 2 aromatic rings. The summed E-state index contributed by atoms with van der Waals surface area (Å²) < 4.78 is 1.24. The lowest BCUT2D eigenvalue weighted by molar-refractivity contribution is -0.136. The zero-order chi connectivity index (χ0) is 17.7. The van der Waals surface area contributed by atoms with Gasteiger partial charge in [-0.15, -0.1) is 11.3 Å². The summed E-state index contributed by atoms with van der Waals surface area (Å²) in [5.41, 5.74) is 1.08. The lowest BCUT2D eigenvalue weighted by atomic mass is 9.96. The fourth-order valence-electron chi connectivity index (χ4n) is 4.31. The van der Waals surface area contributed by atoms with Crippen molar-refractivity contribution < 1.29 is 9.59 Å². The Morgan fingerprint density at radius 2 is 1.88 bits per heavy atom. The Bertz CT molecular complexity index is 819. The molecule has 1 aromatic carbocycles. The van der Waals surface area contributed by atoms with Crippen LogP contribution in [0.2, 0.25) is 0 Å². The Balaban J connectivity index is 1.21. The molecule has 1 saturated carbocycles. The maximum absolute atomic E-state index is 12.9. The molecule has 0 spiro atoms. The first kappa shape index (κ1) is 16.2. The second-order valence-corrected chi connectivity index (χ2v) is 8.86. The minimum absolute atomic E-state index is 0.123.